The second-order valence-corrected chi connectivity index (χ2v) is 9.21. The van der Waals surface area contributed by atoms with E-state index in [1.807, 2.05) is 24.3 Å². The zero-order valence-electron chi connectivity index (χ0n) is 19.6. The molecule has 2 N–H and O–H groups in total. The van der Waals surface area contributed by atoms with E-state index in [1.54, 1.807) is 41.3 Å². The number of hydrogen-bond acceptors (Lipinski definition) is 5. The molecule has 182 valence electrons. The van der Waals surface area contributed by atoms with Crippen LogP contribution in [-0.4, -0.2) is 42.8 Å². The Bertz CT molecular complexity index is 1160. The number of thiol groups is 1. The smallest absolute Gasteiger partial charge is 0.258 e. The molecule has 1 aliphatic heterocycles. The summed E-state index contributed by atoms with van der Waals surface area (Å²) < 4.78 is 13.2. The van der Waals surface area contributed by atoms with Gasteiger partial charge < -0.3 is 15.5 Å². The first-order valence-electron chi connectivity index (χ1n) is 11.8. The van der Waals surface area contributed by atoms with Crippen LogP contribution in [0.3, 0.4) is 0 Å². The number of benzene rings is 3. The lowest BCUT2D eigenvalue weighted by Gasteiger charge is -2.33. The van der Waals surface area contributed by atoms with Crippen LogP contribution in [-0.2, 0) is 5.75 Å². The SMILES string of the molecule is Nc1ccc(C(=O)N(CCN2CCC(C(=O)c3ccc(F)cc3)CC2)c2cccc(CS)c2)cc1. The molecule has 3 aromatic carbocycles. The van der Waals surface area contributed by atoms with E-state index in [1.165, 1.54) is 12.1 Å². The van der Waals surface area contributed by atoms with E-state index in [-0.39, 0.29) is 23.4 Å². The van der Waals surface area contributed by atoms with E-state index in [2.05, 4.69) is 17.5 Å². The molecule has 0 saturated carbocycles. The van der Waals surface area contributed by atoms with Gasteiger partial charge in [-0.15, -0.1) is 0 Å². The third-order valence-electron chi connectivity index (χ3n) is 6.53. The monoisotopic (exact) mass is 491 g/mol. The van der Waals surface area contributed by atoms with Crippen LogP contribution in [0.2, 0.25) is 0 Å². The molecule has 1 saturated heterocycles. The number of piperidine rings is 1. The minimum absolute atomic E-state index is 0.0590. The van der Waals surface area contributed by atoms with Crippen LogP contribution >= 0.6 is 12.6 Å². The zero-order chi connectivity index (χ0) is 24.8. The lowest BCUT2D eigenvalue weighted by Crippen LogP contribution is -2.43. The number of nitrogen functional groups attached to an aromatic ring is 1. The van der Waals surface area contributed by atoms with Gasteiger partial charge in [-0.3, -0.25) is 9.59 Å². The Balaban J connectivity index is 1.41. The minimum Gasteiger partial charge on any atom is -0.399 e. The molecule has 0 radical (unpaired) electrons. The molecule has 1 amide bonds. The number of halogens is 1. The molecular formula is C28H30FN3O2S. The molecule has 1 fully saturated rings. The number of ketones is 1. The van der Waals surface area contributed by atoms with Crippen molar-refractivity contribution in [3.63, 3.8) is 0 Å². The Morgan fingerprint density at radius 3 is 2.29 bits per heavy atom. The zero-order valence-corrected chi connectivity index (χ0v) is 20.5. The van der Waals surface area contributed by atoms with Crippen LogP contribution in [0.5, 0.6) is 0 Å². The third-order valence-corrected chi connectivity index (χ3v) is 6.90. The van der Waals surface area contributed by atoms with Crippen LogP contribution in [0, 0.1) is 11.7 Å². The van der Waals surface area contributed by atoms with Gasteiger partial charge in [-0.1, -0.05) is 12.1 Å². The van der Waals surface area contributed by atoms with Gasteiger partial charge in [0.25, 0.3) is 5.91 Å². The van der Waals surface area contributed by atoms with E-state index < -0.39 is 0 Å². The summed E-state index contributed by atoms with van der Waals surface area (Å²) >= 11 is 4.38. The molecule has 35 heavy (non-hydrogen) atoms. The third kappa shape index (κ3) is 6.29. The molecule has 4 rings (SSSR count). The maximum atomic E-state index is 13.4. The van der Waals surface area contributed by atoms with Crippen molar-refractivity contribution in [2.24, 2.45) is 5.92 Å². The number of amides is 1. The summed E-state index contributed by atoms with van der Waals surface area (Å²) in [5.41, 5.74) is 9.44. The minimum atomic E-state index is -0.339. The van der Waals surface area contributed by atoms with Crippen LogP contribution < -0.4 is 10.6 Å². The summed E-state index contributed by atoms with van der Waals surface area (Å²) in [6.45, 7) is 2.77. The van der Waals surface area contributed by atoms with E-state index in [0.29, 0.717) is 35.7 Å². The summed E-state index contributed by atoms with van der Waals surface area (Å²) in [5, 5.41) is 0. The predicted molar refractivity (Wildman–Crippen MR) is 142 cm³/mol. The van der Waals surface area contributed by atoms with Crippen molar-refractivity contribution in [2.75, 3.05) is 36.8 Å². The summed E-state index contributed by atoms with van der Waals surface area (Å²) in [5.74, 6) is 0.189. The maximum Gasteiger partial charge on any atom is 0.258 e. The number of rotatable bonds is 8. The summed E-state index contributed by atoms with van der Waals surface area (Å²) in [4.78, 5) is 30.3. The molecule has 1 aliphatic rings. The van der Waals surface area contributed by atoms with Gasteiger partial charge in [0.05, 0.1) is 0 Å². The lowest BCUT2D eigenvalue weighted by molar-refractivity contribution is 0.0841. The maximum absolute atomic E-state index is 13.4. The van der Waals surface area contributed by atoms with Gasteiger partial charge in [0, 0.05) is 47.3 Å². The first kappa shape index (κ1) is 24.9. The number of hydrogen-bond donors (Lipinski definition) is 2. The average molecular weight is 492 g/mol. The molecule has 0 spiro atoms. The molecule has 0 bridgehead atoms. The Morgan fingerprint density at radius 2 is 1.63 bits per heavy atom. The topological polar surface area (TPSA) is 66.6 Å². The Kier molecular flexibility index (Phi) is 8.21. The fraction of sp³-hybridized carbons (Fsp3) is 0.286. The van der Waals surface area contributed by atoms with E-state index >= 15 is 0 Å². The Labute approximate surface area is 211 Å². The number of carbonyl (C=O) groups excluding carboxylic acids is 2. The number of nitrogens with zero attached hydrogens (tertiary/aromatic N) is 2. The van der Waals surface area contributed by atoms with Gasteiger partial charge in [0.2, 0.25) is 0 Å². The van der Waals surface area contributed by atoms with Crippen molar-refractivity contribution in [2.45, 2.75) is 18.6 Å². The van der Waals surface area contributed by atoms with Gasteiger partial charge in [-0.2, -0.15) is 12.6 Å². The standard InChI is InChI=1S/C28H30FN3O2S/c29-24-8-4-21(5-9-24)27(33)22-12-14-31(15-13-22)16-17-32(26-3-1-2-20(18-26)19-35)28(34)23-6-10-25(30)11-7-23/h1-11,18,22,35H,12-17,19,30H2. The normalized spacial score (nSPS) is 14.6. The summed E-state index contributed by atoms with van der Waals surface area (Å²) in [7, 11) is 0. The quantitative estimate of drug-likeness (QED) is 0.262. The van der Waals surface area contributed by atoms with Crippen LogP contribution in [0.1, 0.15) is 39.1 Å². The van der Waals surface area contributed by atoms with Crippen molar-refractivity contribution in [1.29, 1.82) is 0 Å². The first-order valence-corrected chi connectivity index (χ1v) is 12.5. The van der Waals surface area contributed by atoms with Crippen molar-refractivity contribution in [3.05, 3.63) is 95.3 Å². The Morgan fingerprint density at radius 1 is 0.971 bits per heavy atom. The van der Waals surface area contributed by atoms with Gasteiger partial charge >= 0.3 is 0 Å². The van der Waals surface area contributed by atoms with Crippen LogP contribution in [0.4, 0.5) is 15.8 Å². The molecule has 0 aromatic heterocycles. The summed E-state index contributed by atoms with van der Waals surface area (Å²) in [6.07, 6.45) is 1.49. The largest absolute Gasteiger partial charge is 0.399 e. The number of carbonyl (C=O) groups is 2. The summed E-state index contributed by atoms with van der Waals surface area (Å²) in [6, 6.07) is 20.6. The number of nitrogens with two attached hydrogens (primary N) is 1. The van der Waals surface area contributed by atoms with E-state index in [0.717, 1.165) is 37.2 Å². The highest BCUT2D eigenvalue weighted by atomic mass is 32.1. The molecule has 0 aliphatic carbocycles. The molecule has 3 aromatic rings. The number of likely N-dealkylation sites (tertiary alicyclic amines) is 1. The number of anilines is 2. The average Bonchev–Trinajstić information content (AvgIpc) is 2.89. The second-order valence-electron chi connectivity index (χ2n) is 8.89. The lowest BCUT2D eigenvalue weighted by atomic mass is 9.89. The van der Waals surface area contributed by atoms with Crippen molar-refractivity contribution < 1.29 is 14.0 Å². The predicted octanol–water partition coefficient (Wildman–Crippen LogP) is 5.08. The van der Waals surface area contributed by atoms with Crippen molar-refractivity contribution in [3.8, 4) is 0 Å². The van der Waals surface area contributed by atoms with Gasteiger partial charge in [-0.25, -0.2) is 4.39 Å². The first-order chi connectivity index (χ1) is 16.9. The molecule has 0 atom stereocenters. The highest BCUT2D eigenvalue weighted by Crippen LogP contribution is 2.24. The van der Waals surface area contributed by atoms with Gasteiger partial charge in [0.1, 0.15) is 5.82 Å². The van der Waals surface area contributed by atoms with E-state index in [4.69, 9.17) is 5.73 Å². The van der Waals surface area contributed by atoms with Gasteiger partial charge in [0.15, 0.2) is 5.78 Å². The highest BCUT2D eigenvalue weighted by Gasteiger charge is 2.27. The molecule has 7 heteroatoms. The van der Waals surface area contributed by atoms with Crippen molar-refractivity contribution in [1.82, 2.24) is 4.90 Å². The van der Waals surface area contributed by atoms with Gasteiger partial charge in [-0.05, 0) is 92.2 Å². The highest BCUT2D eigenvalue weighted by molar-refractivity contribution is 7.79. The van der Waals surface area contributed by atoms with Crippen LogP contribution in [0.15, 0.2) is 72.8 Å². The number of Topliss-reactive ketones (excluding diaryl/α,β-unsaturated/α-hetero) is 1. The van der Waals surface area contributed by atoms with Crippen LogP contribution in [0.25, 0.3) is 0 Å². The second kappa shape index (κ2) is 11.5. The van der Waals surface area contributed by atoms with E-state index in [9.17, 15) is 14.0 Å². The fourth-order valence-electron chi connectivity index (χ4n) is 4.46. The van der Waals surface area contributed by atoms with Crippen molar-refractivity contribution >= 4 is 35.7 Å². The molecule has 0 unspecified atom stereocenters. The molecule has 5 nitrogen and oxygen atoms in total. The Hall–Kier alpha value is -3.16. The fourth-order valence-corrected chi connectivity index (χ4v) is 4.66. The molecular weight excluding hydrogens is 461 g/mol. The molecule has 1 heterocycles.